The van der Waals surface area contributed by atoms with E-state index in [1.807, 2.05) is 31.2 Å². The van der Waals surface area contributed by atoms with Crippen LogP contribution < -0.4 is 15.5 Å². The molecule has 1 amide bonds. The van der Waals surface area contributed by atoms with E-state index in [0.29, 0.717) is 34.6 Å². The largest absolute Gasteiger partial charge is 0.494 e. The first-order valence-corrected chi connectivity index (χ1v) is 10.2. The second-order valence-electron chi connectivity index (χ2n) is 6.60. The van der Waals surface area contributed by atoms with Gasteiger partial charge in [0.25, 0.3) is 5.91 Å². The minimum Gasteiger partial charge on any atom is -0.494 e. The van der Waals surface area contributed by atoms with Gasteiger partial charge < -0.3 is 14.5 Å². The fourth-order valence-electron chi connectivity index (χ4n) is 3.06. The van der Waals surface area contributed by atoms with E-state index in [1.165, 1.54) is 6.07 Å². The lowest BCUT2D eigenvalue weighted by atomic mass is 10.1. The Morgan fingerprint density at radius 3 is 2.43 bits per heavy atom. The van der Waals surface area contributed by atoms with Crippen LogP contribution in [0.3, 0.4) is 0 Å². The monoisotopic (exact) mass is 463 g/mol. The van der Waals surface area contributed by atoms with Gasteiger partial charge in [0.15, 0.2) is 5.43 Å². The summed E-state index contributed by atoms with van der Waals surface area (Å²) in [5.74, 6) is 0.981. The van der Waals surface area contributed by atoms with Crippen LogP contribution in [0.5, 0.6) is 5.75 Å². The van der Waals surface area contributed by atoms with Crippen molar-refractivity contribution in [3.63, 3.8) is 0 Å². The number of amides is 1. The van der Waals surface area contributed by atoms with Crippen molar-refractivity contribution >= 4 is 38.5 Å². The molecule has 5 nitrogen and oxygen atoms in total. The summed E-state index contributed by atoms with van der Waals surface area (Å²) in [6.07, 6.45) is 0. The van der Waals surface area contributed by atoms with Gasteiger partial charge in [0.1, 0.15) is 17.1 Å². The maximum absolute atomic E-state index is 12.7. The van der Waals surface area contributed by atoms with Crippen molar-refractivity contribution in [2.75, 3.05) is 11.9 Å². The van der Waals surface area contributed by atoms with Gasteiger partial charge in [-0.05, 0) is 73.7 Å². The molecule has 1 heterocycles. The predicted molar refractivity (Wildman–Crippen MR) is 121 cm³/mol. The first kappa shape index (κ1) is 19.9. The molecule has 4 rings (SSSR count). The lowest BCUT2D eigenvalue weighted by Gasteiger charge is -2.08. The topological polar surface area (TPSA) is 68.5 Å². The Morgan fingerprint density at radius 2 is 1.73 bits per heavy atom. The van der Waals surface area contributed by atoms with Crippen LogP contribution >= 0.6 is 15.9 Å². The highest BCUT2D eigenvalue weighted by atomic mass is 79.9. The molecule has 0 bridgehead atoms. The Hall–Kier alpha value is -3.38. The Labute approximate surface area is 181 Å². The summed E-state index contributed by atoms with van der Waals surface area (Å²) < 4.78 is 12.3. The van der Waals surface area contributed by atoms with Crippen molar-refractivity contribution in [3.05, 3.63) is 93.1 Å². The number of carbonyl (C=O) groups is 1. The molecule has 0 saturated carbocycles. The van der Waals surface area contributed by atoms with Crippen LogP contribution in [0.2, 0.25) is 0 Å². The molecule has 0 aliphatic heterocycles. The second kappa shape index (κ2) is 8.55. The number of ether oxygens (including phenoxy) is 1. The van der Waals surface area contributed by atoms with Gasteiger partial charge in [-0.15, -0.1) is 0 Å². The zero-order valence-corrected chi connectivity index (χ0v) is 17.7. The lowest BCUT2D eigenvalue weighted by molar-refractivity contribution is 0.102. The smallest absolute Gasteiger partial charge is 0.255 e. The Kier molecular flexibility index (Phi) is 5.68. The molecule has 0 radical (unpaired) electrons. The summed E-state index contributed by atoms with van der Waals surface area (Å²) in [4.78, 5) is 25.1. The number of benzene rings is 3. The highest BCUT2D eigenvalue weighted by Crippen LogP contribution is 2.26. The van der Waals surface area contributed by atoms with Gasteiger partial charge in [0, 0.05) is 27.4 Å². The summed E-state index contributed by atoms with van der Waals surface area (Å²) in [5.41, 5.74) is 2.10. The fraction of sp³-hybridized carbons (Fsp3) is 0.0833. The number of anilines is 1. The molecule has 4 aromatic rings. The van der Waals surface area contributed by atoms with E-state index in [1.54, 1.807) is 42.5 Å². The third-order valence-electron chi connectivity index (χ3n) is 4.54. The number of hydrogen-bond donors (Lipinski definition) is 1. The van der Waals surface area contributed by atoms with E-state index in [0.717, 1.165) is 15.8 Å². The van der Waals surface area contributed by atoms with Crippen LogP contribution in [0.15, 0.2) is 86.5 Å². The average molecular weight is 464 g/mol. The standard InChI is InChI=1S/C24H18BrNO4/c1-2-29-19-10-5-15(6-11-19)23-14-21(27)20-13-18(9-12-22(20)30-23)26-24(28)16-3-7-17(25)8-4-16/h3-14H,2H2,1H3,(H,26,28). The maximum atomic E-state index is 12.7. The van der Waals surface area contributed by atoms with E-state index in [9.17, 15) is 9.59 Å². The first-order valence-electron chi connectivity index (χ1n) is 9.41. The van der Waals surface area contributed by atoms with E-state index >= 15 is 0 Å². The first-order chi connectivity index (χ1) is 14.5. The third kappa shape index (κ3) is 4.28. The molecule has 1 aromatic heterocycles. The SMILES string of the molecule is CCOc1ccc(-c2cc(=O)c3cc(NC(=O)c4ccc(Br)cc4)ccc3o2)cc1. The summed E-state index contributed by atoms with van der Waals surface area (Å²) in [6.45, 7) is 2.51. The van der Waals surface area contributed by atoms with Crippen molar-refractivity contribution in [3.8, 4) is 17.1 Å². The molecular weight excluding hydrogens is 446 g/mol. The predicted octanol–water partition coefficient (Wildman–Crippen LogP) is 5.87. The lowest BCUT2D eigenvalue weighted by Crippen LogP contribution is -2.12. The zero-order valence-electron chi connectivity index (χ0n) is 16.1. The van der Waals surface area contributed by atoms with Crippen molar-refractivity contribution in [1.82, 2.24) is 0 Å². The normalized spacial score (nSPS) is 10.7. The summed E-state index contributed by atoms with van der Waals surface area (Å²) in [7, 11) is 0. The van der Waals surface area contributed by atoms with Gasteiger partial charge >= 0.3 is 0 Å². The van der Waals surface area contributed by atoms with Gasteiger partial charge in [-0.25, -0.2) is 0 Å². The molecule has 0 saturated heterocycles. The molecule has 3 aromatic carbocycles. The van der Waals surface area contributed by atoms with Gasteiger partial charge in [0.05, 0.1) is 12.0 Å². The van der Waals surface area contributed by atoms with E-state index in [-0.39, 0.29) is 11.3 Å². The maximum Gasteiger partial charge on any atom is 0.255 e. The van der Waals surface area contributed by atoms with Crippen molar-refractivity contribution < 1.29 is 13.9 Å². The number of halogens is 1. The molecule has 0 aliphatic rings. The number of carbonyl (C=O) groups excluding carboxylic acids is 1. The minimum absolute atomic E-state index is 0.181. The van der Waals surface area contributed by atoms with Gasteiger partial charge in [-0.2, -0.15) is 0 Å². The van der Waals surface area contributed by atoms with E-state index < -0.39 is 0 Å². The molecule has 0 unspecified atom stereocenters. The molecule has 0 fully saturated rings. The summed E-state index contributed by atoms with van der Waals surface area (Å²) in [6, 6.07) is 20.9. The van der Waals surface area contributed by atoms with Gasteiger partial charge in [-0.3, -0.25) is 9.59 Å². The molecular formula is C24H18BrNO4. The summed E-state index contributed by atoms with van der Waals surface area (Å²) in [5, 5.41) is 3.21. The average Bonchev–Trinajstić information content (AvgIpc) is 2.75. The Bertz CT molecular complexity index is 1260. The number of nitrogens with one attached hydrogen (secondary N) is 1. The quantitative estimate of drug-likeness (QED) is 0.401. The fourth-order valence-corrected chi connectivity index (χ4v) is 3.33. The van der Waals surface area contributed by atoms with Crippen LogP contribution in [-0.4, -0.2) is 12.5 Å². The Morgan fingerprint density at radius 1 is 1.00 bits per heavy atom. The molecule has 0 aliphatic carbocycles. The molecule has 0 atom stereocenters. The number of fused-ring (bicyclic) bond motifs is 1. The highest BCUT2D eigenvalue weighted by molar-refractivity contribution is 9.10. The molecule has 6 heteroatoms. The van der Waals surface area contributed by atoms with Crippen molar-refractivity contribution in [2.45, 2.75) is 6.92 Å². The number of rotatable bonds is 5. The number of hydrogen-bond acceptors (Lipinski definition) is 4. The summed E-state index contributed by atoms with van der Waals surface area (Å²) >= 11 is 3.35. The van der Waals surface area contributed by atoms with Crippen LogP contribution in [0, 0.1) is 0 Å². The van der Waals surface area contributed by atoms with Crippen LogP contribution in [0.25, 0.3) is 22.3 Å². The minimum atomic E-state index is -0.253. The van der Waals surface area contributed by atoms with Crippen LogP contribution in [-0.2, 0) is 0 Å². The van der Waals surface area contributed by atoms with Crippen molar-refractivity contribution in [2.24, 2.45) is 0 Å². The molecule has 0 spiro atoms. The molecule has 30 heavy (non-hydrogen) atoms. The third-order valence-corrected chi connectivity index (χ3v) is 5.07. The zero-order chi connectivity index (χ0) is 21.1. The Balaban J connectivity index is 1.61. The van der Waals surface area contributed by atoms with Crippen molar-refractivity contribution in [1.29, 1.82) is 0 Å². The molecule has 150 valence electrons. The van der Waals surface area contributed by atoms with Gasteiger partial charge in [0.2, 0.25) is 0 Å². The second-order valence-corrected chi connectivity index (χ2v) is 7.52. The molecule has 1 N–H and O–H groups in total. The van der Waals surface area contributed by atoms with Crippen LogP contribution in [0.4, 0.5) is 5.69 Å². The van der Waals surface area contributed by atoms with E-state index in [4.69, 9.17) is 9.15 Å². The van der Waals surface area contributed by atoms with Crippen LogP contribution in [0.1, 0.15) is 17.3 Å². The highest BCUT2D eigenvalue weighted by Gasteiger charge is 2.10. The van der Waals surface area contributed by atoms with Gasteiger partial charge in [-0.1, -0.05) is 15.9 Å². The van der Waals surface area contributed by atoms with E-state index in [2.05, 4.69) is 21.2 Å².